The fraction of sp³-hybridized carbons (Fsp3) is 0.727. The molecule has 1 aliphatic rings. The molecule has 1 fully saturated rings. The number of nitrogens with zero attached hydrogens (tertiary/aromatic N) is 1. The number of hydrogen-bond donors (Lipinski definition) is 1. The highest BCUT2D eigenvalue weighted by atomic mass is 32.1. The van der Waals surface area contributed by atoms with Crippen molar-refractivity contribution in [3.8, 4) is 0 Å². The molecule has 0 radical (unpaired) electrons. The summed E-state index contributed by atoms with van der Waals surface area (Å²) in [5.41, 5.74) is 1.21. The highest BCUT2D eigenvalue weighted by Gasteiger charge is 2.21. The van der Waals surface area contributed by atoms with Crippen molar-refractivity contribution in [2.24, 2.45) is 0 Å². The molecule has 0 spiro atoms. The highest BCUT2D eigenvalue weighted by Crippen LogP contribution is 2.26. The zero-order valence-electron chi connectivity index (χ0n) is 9.13. The molecular weight excluding hydrogens is 192 g/mol. The van der Waals surface area contributed by atoms with Crippen LogP contribution in [0.2, 0.25) is 0 Å². The predicted octanol–water partition coefficient (Wildman–Crippen LogP) is 2.83. The number of aryl methyl sites for hydroxylation is 1. The maximum absolute atomic E-state index is 4.59. The van der Waals surface area contributed by atoms with Crippen molar-refractivity contribution < 1.29 is 0 Å². The summed E-state index contributed by atoms with van der Waals surface area (Å²) in [4.78, 5) is 6.00. The Morgan fingerprint density at radius 2 is 2.21 bits per heavy atom. The summed E-state index contributed by atoms with van der Waals surface area (Å²) in [6.45, 7) is 7.54. The van der Waals surface area contributed by atoms with Crippen molar-refractivity contribution in [1.82, 2.24) is 10.3 Å². The first-order valence-corrected chi connectivity index (χ1v) is 6.18. The Bertz CT molecular complexity index is 313. The average molecular weight is 210 g/mol. The maximum atomic E-state index is 4.59. The van der Waals surface area contributed by atoms with Crippen molar-refractivity contribution in [2.45, 2.75) is 52.1 Å². The number of nitrogens with one attached hydrogen (secondary N) is 1. The van der Waals surface area contributed by atoms with Crippen LogP contribution in [0.4, 0.5) is 0 Å². The van der Waals surface area contributed by atoms with E-state index in [0.29, 0.717) is 5.92 Å². The van der Waals surface area contributed by atoms with Crippen molar-refractivity contribution in [3.05, 3.63) is 15.6 Å². The SMILES string of the molecule is Cc1nc(C(C)C)sc1CNC1CC1. The van der Waals surface area contributed by atoms with Gasteiger partial charge in [0.25, 0.3) is 0 Å². The van der Waals surface area contributed by atoms with Crippen LogP contribution in [-0.4, -0.2) is 11.0 Å². The van der Waals surface area contributed by atoms with Crippen molar-refractivity contribution in [3.63, 3.8) is 0 Å². The summed E-state index contributed by atoms with van der Waals surface area (Å²) in [5.74, 6) is 0.563. The van der Waals surface area contributed by atoms with Gasteiger partial charge in [0, 0.05) is 23.4 Å². The molecule has 3 heteroatoms. The van der Waals surface area contributed by atoms with Gasteiger partial charge in [-0.05, 0) is 19.8 Å². The maximum Gasteiger partial charge on any atom is 0.0956 e. The van der Waals surface area contributed by atoms with E-state index in [4.69, 9.17) is 0 Å². The van der Waals surface area contributed by atoms with Crippen LogP contribution in [0, 0.1) is 6.92 Å². The molecule has 0 saturated heterocycles. The zero-order valence-corrected chi connectivity index (χ0v) is 9.95. The smallest absolute Gasteiger partial charge is 0.0956 e. The van der Waals surface area contributed by atoms with Gasteiger partial charge in [0.1, 0.15) is 0 Å². The molecule has 2 nitrogen and oxygen atoms in total. The van der Waals surface area contributed by atoms with Gasteiger partial charge < -0.3 is 5.32 Å². The van der Waals surface area contributed by atoms with Crippen LogP contribution in [0.1, 0.15) is 48.2 Å². The second kappa shape index (κ2) is 3.99. The Morgan fingerprint density at radius 1 is 1.50 bits per heavy atom. The molecule has 1 N–H and O–H groups in total. The molecule has 14 heavy (non-hydrogen) atoms. The molecule has 0 atom stereocenters. The van der Waals surface area contributed by atoms with Crippen LogP contribution in [-0.2, 0) is 6.54 Å². The molecule has 1 aliphatic carbocycles. The molecule has 1 heterocycles. The molecule has 2 rings (SSSR count). The van der Waals surface area contributed by atoms with E-state index in [9.17, 15) is 0 Å². The Balaban J connectivity index is 2.00. The number of aromatic nitrogens is 1. The lowest BCUT2D eigenvalue weighted by molar-refractivity contribution is 0.691. The predicted molar refractivity (Wildman–Crippen MR) is 60.8 cm³/mol. The van der Waals surface area contributed by atoms with Gasteiger partial charge in [0.15, 0.2) is 0 Å². The van der Waals surface area contributed by atoms with E-state index in [0.717, 1.165) is 12.6 Å². The first-order valence-electron chi connectivity index (χ1n) is 5.36. The van der Waals surface area contributed by atoms with Crippen LogP contribution in [0.5, 0.6) is 0 Å². The first-order chi connectivity index (χ1) is 6.66. The third kappa shape index (κ3) is 2.34. The third-order valence-electron chi connectivity index (χ3n) is 2.53. The van der Waals surface area contributed by atoms with Gasteiger partial charge >= 0.3 is 0 Å². The zero-order chi connectivity index (χ0) is 10.1. The summed E-state index contributed by atoms with van der Waals surface area (Å²) < 4.78 is 0. The standard InChI is InChI=1S/C11H18N2S/c1-7(2)11-13-8(3)10(14-11)6-12-9-4-5-9/h7,9,12H,4-6H2,1-3H3. The quantitative estimate of drug-likeness (QED) is 0.826. The highest BCUT2D eigenvalue weighted by molar-refractivity contribution is 7.11. The van der Waals surface area contributed by atoms with Crippen LogP contribution >= 0.6 is 11.3 Å². The fourth-order valence-electron chi connectivity index (χ4n) is 1.39. The van der Waals surface area contributed by atoms with Gasteiger partial charge in [-0.25, -0.2) is 4.98 Å². The first kappa shape index (κ1) is 10.1. The van der Waals surface area contributed by atoms with E-state index in [1.807, 2.05) is 11.3 Å². The van der Waals surface area contributed by atoms with E-state index >= 15 is 0 Å². The average Bonchev–Trinajstić information content (AvgIpc) is 2.87. The fourth-order valence-corrected chi connectivity index (χ4v) is 2.41. The summed E-state index contributed by atoms with van der Waals surface area (Å²) in [6.07, 6.45) is 2.71. The molecule has 1 saturated carbocycles. The molecule has 0 bridgehead atoms. The number of rotatable bonds is 4. The van der Waals surface area contributed by atoms with Gasteiger partial charge in [-0.1, -0.05) is 13.8 Å². The normalized spacial score (nSPS) is 16.6. The van der Waals surface area contributed by atoms with Crippen LogP contribution in [0.3, 0.4) is 0 Å². The monoisotopic (exact) mass is 210 g/mol. The van der Waals surface area contributed by atoms with E-state index in [1.165, 1.54) is 28.4 Å². The van der Waals surface area contributed by atoms with Crippen LogP contribution in [0.15, 0.2) is 0 Å². The molecule has 0 aliphatic heterocycles. The summed E-state index contributed by atoms with van der Waals surface area (Å²) >= 11 is 1.86. The Morgan fingerprint density at radius 3 is 2.71 bits per heavy atom. The summed E-state index contributed by atoms with van der Waals surface area (Å²) in [5, 5.41) is 4.81. The number of hydrogen-bond acceptors (Lipinski definition) is 3. The van der Waals surface area contributed by atoms with Crippen LogP contribution in [0.25, 0.3) is 0 Å². The Kier molecular flexibility index (Phi) is 2.88. The molecule has 0 aromatic carbocycles. The van der Waals surface area contributed by atoms with Gasteiger partial charge in [-0.15, -0.1) is 11.3 Å². The lowest BCUT2D eigenvalue weighted by atomic mass is 10.2. The molecule has 78 valence electrons. The molecular formula is C11H18N2S. The van der Waals surface area contributed by atoms with Gasteiger partial charge in [-0.2, -0.15) is 0 Å². The van der Waals surface area contributed by atoms with Crippen molar-refractivity contribution in [1.29, 1.82) is 0 Å². The van der Waals surface area contributed by atoms with Gasteiger partial charge in [0.05, 0.1) is 10.7 Å². The largest absolute Gasteiger partial charge is 0.309 e. The second-order valence-corrected chi connectivity index (χ2v) is 5.49. The Hall–Kier alpha value is -0.410. The van der Waals surface area contributed by atoms with E-state index in [1.54, 1.807) is 0 Å². The summed E-state index contributed by atoms with van der Waals surface area (Å²) in [6, 6.07) is 0.791. The van der Waals surface area contributed by atoms with E-state index < -0.39 is 0 Å². The van der Waals surface area contributed by atoms with Crippen molar-refractivity contribution >= 4 is 11.3 Å². The lowest BCUT2D eigenvalue weighted by Gasteiger charge is -1.99. The van der Waals surface area contributed by atoms with E-state index in [-0.39, 0.29) is 0 Å². The lowest BCUT2D eigenvalue weighted by Crippen LogP contribution is -2.14. The second-order valence-electron chi connectivity index (χ2n) is 4.37. The minimum absolute atomic E-state index is 0.563. The van der Waals surface area contributed by atoms with Gasteiger partial charge in [-0.3, -0.25) is 0 Å². The molecule has 1 aromatic rings. The summed E-state index contributed by atoms with van der Waals surface area (Å²) in [7, 11) is 0. The minimum Gasteiger partial charge on any atom is -0.309 e. The molecule has 1 aromatic heterocycles. The van der Waals surface area contributed by atoms with Gasteiger partial charge in [0.2, 0.25) is 0 Å². The van der Waals surface area contributed by atoms with E-state index in [2.05, 4.69) is 31.1 Å². The number of thiazole rings is 1. The topological polar surface area (TPSA) is 24.9 Å². The third-order valence-corrected chi connectivity index (χ3v) is 3.99. The Labute approximate surface area is 89.8 Å². The van der Waals surface area contributed by atoms with Crippen molar-refractivity contribution in [2.75, 3.05) is 0 Å². The molecule has 0 amide bonds. The minimum atomic E-state index is 0.563. The van der Waals surface area contributed by atoms with Crippen LogP contribution < -0.4 is 5.32 Å². The molecule has 0 unspecified atom stereocenters.